The number of halogens is 1. The topological polar surface area (TPSA) is 58.2 Å². The van der Waals surface area contributed by atoms with Gasteiger partial charge in [-0.1, -0.05) is 12.1 Å². The molecule has 2 aromatic rings. The normalized spacial score (nSPS) is 22.1. The largest absolute Gasteiger partial charge is 0.369 e. The Morgan fingerprint density at radius 1 is 1.31 bits per heavy atom. The van der Waals surface area contributed by atoms with Gasteiger partial charge in [-0.05, 0) is 50.3 Å². The van der Waals surface area contributed by atoms with Crippen molar-refractivity contribution in [3.8, 4) is 0 Å². The summed E-state index contributed by atoms with van der Waals surface area (Å²) < 4.78 is 19.0. The Bertz CT molecular complexity index is 798. The van der Waals surface area contributed by atoms with Crippen molar-refractivity contribution < 1.29 is 13.9 Å². The maximum atomic E-state index is 13.3. The van der Waals surface area contributed by atoms with E-state index in [1.807, 2.05) is 18.7 Å². The minimum absolute atomic E-state index is 0.0555. The van der Waals surface area contributed by atoms with Crippen molar-refractivity contribution in [3.63, 3.8) is 0 Å². The van der Waals surface area contributed by atoms with Crippen LogP contribution in [0.25, 0.3) is 0 Å². The van der Waals surface area contributed by atoms with Gasteiger partial charge in [-0.2, -0.15) is 5.10 Å². The lowest BCUT2D eigenvalue weighted by atomic mass is 9.99. The number of hydrogen-bond donors (Lipinski definition) is 1. The first-order chi connectivity index (χ1) is 12.5. The lowest BCUT2D eigenvalue weighted by Crippen LogP contribution is -2.34. The molecule has 0 bridgehead atoms. The van der Waals surface area contributed by atoms with E-state index < -0.39 is 0 Å². The number of aromatic amines is 1. The van der Waals surface area contributed by atoms with Crippen molar-refractivity contribution in [1.29, 1.82) is 0 Å². The number of carbonyl (C=O) groups is 1. The molecule has 2 atom stereocenters. The Kier molecular flexibility index (Phi) is 4.53. The zero-order chi connectivity index (χ0) is 18.3. The van der Waals surface area contributed by atoms with E-state index in [0.29, 0.717) is 24.6 Å². The molecule has 138 valence electrons. The number of hydrogen-bond acceptors (Lipinski definition) is 3. The first-order valence-corrected chi connectivity index (χ1v) is 9.27. The number of nitrogens with one attached hydrogen (secondary N) is 1. The highest BCUT2D eigenvalue weighted by Gasteiger charge is 2.33. The van der Waals surface area contributed by atoms with Crippen molar-refractivity contribution in [2.24, 2.45) is 5.92 Å². The van der Waals surface area contributed by atoms with Crippen LogP contribution in [0.2, 0.25) is 0 Å². The van der Waals surface area contributed by atoms with Gasteiger partial charge in [0, 0.05) is 25.1 Å². The molecule has 1 N–H and O–H groups in total. The Hall–Kier alpha value is -2.21. The number of rotatable bonds is 5. The second-order valence-electron chi connectivity index (χ2n) is 7.51. The second kappa shape index (κ2) is 6.83. The van der Waals surface area contributed by atoms with Gasteiger partial charge in [-0.25, -0.2) is 4.39 Å². The fourth-order valence-electron chi connectivity index (χ4n) is 3.64. The number of benzene rings is 1. The molecule has 1 saturated carbocycles. The lowest BCUT2D eigenvalue weighted by molar-refractivity contribution is -0.00702. The number of carbonyl (C=O) groups excluding carboxylic acids is 1. The van der Waals surface area contributed by atoms with Crippen LogP contribution in [0.1, 0.15) is 60.1 Å². The number of nitrogens with zero attached hydrogens (tertiary/aromatic N) is 2. The fraction of sp³-hybridized carbons (Fsp3) is 0.500. The van der Waals surface area contributed by atoms with Crippen LogP contribution in [0.5, 0.6) is 0 Å². The Labute approximate surface area is 152 Å². The summed E-state index contributed by atoms with van der Waals surface area (Å²) in [4.78, 5) is 15.1. The molecule has 6 heteroatoms. The van der Waals surface area contributed by atoms with E-state index >= 15 is 0 Å². The fourth-order valence-corrected chi connectivity index (χ4v) is 3.64. The number of fused-ring (bicyclic) bond motifs is 1. The maximum absolute atomic E-state index is 13.3. The van der Waals surface area contributed by atoms with Crippen LogP contribution in [0.3, 0.4) is 0 Å². The van der Waals surface area contributed by atoms with E-state index in [9.17, 15) is 9.18 Å². The lowest BCUT2D eigenvalue weighted by Gasteiger charge is -2.26. The van der Waals surface area contributed by atoms with Gasteiger partial charge in [0.1, 0.15) is 5.82 Å². The van der Waals surface area contributed by atoms with E-state index in [-0.39, 0.29) is 23.9 Å². The standard InChI is InChI=1S/C20H24FN3O2/c1-12-9-17-18(13(2)26-12)22-23-19(17)20(25)24(10-14-3-4-14)11-15-5-7-16(21)8-6-15/h5-8,12-14H,3-4,9-11H2,1-2H3,(H,22,23)/t12-,13+/m1/s1. The molecule has 26 heavy (non-hydrogen) atoms. The summed E-state index contributed by atoms with van der Waals surface area (Å²) in [5, 5.41) is 7.33. The van der Waals surface area contributed by atoms with Gasteiger partial charge in [-0.3, -0.25) is 9.89 Å². The molecule has 1 aliphatic heterocycles. The summed E-state index contributed by atoms with van der Waals surface area (Å²) in [5.74, 6) is 0.244. The molecular weight excluding hydrogens is 333 g/mol. The van der Waals surface area contributed by atoms with E-state index in [1.54, 1.807) is 12.1 Å². The van der Waals surface area contributed by atoms with Crippen LogP contribution < -0.4 is 0 Å². The van der Waals surface area contributed by atoms with Crippen molar-refractivity contribution >= 4 is 5.91 Å². The summed E-state index contributed by atoms with van der Waals surface area (Å²) in [5.41, 5.74) is 3.31. The van der Waals surface area contributed by atoms with Gasteiger partial charge in [0.25, 0.3) is 5.91 Å². The molecule has 1 amide bonds. The molecule has 5 nitrogen and oxygen atoms in total. The molecular formula is C20H24FN3O2. The molecule has 2 aliphatic rings. The average Bonchev–Trinajstić information content (AvgIpc) is 3.32. The van der Waals surface area contributed by atoms with Crippen LogP contribution >= 0.6 is 0 Å². The Balaban J connectivity index is 1.59. The van der Waals surface area contributed by atoms with Crippen molar-refractivity contribution in [2.75, 3.05) is 6.54 Å². The van der Waals surface area contributed by atoms with E-state index in [2.05, 4.69) is 10.2 Å². The van der Waals surface area contributed by atoms with Gasteiger partial charge in [0.05, 0.1) is 17.9 Å². The summed E-state index contributed by atoms with van der Waals surface area (Å²) in [7, 11) is 0. The quantitative estimate of drug-likeness (QED) is 0.889. The molecule has 0 saturated heterocycles. The summed E-state index contributed by atoms with van der Waals surface area (Å²) >= 11 is 0. The predicted molar refractivity (Wildman–Crippen MR) is 95.1 cm³/mol. The molecule has 0 radical (unpaired) electrons. The predicted octanol–water partition coefficient (Wildman–Crippen LogP) is 3.62. The maximum Gasteiger partial charge on any atom is 0.274 e. The van der Waals surface area contributed by atoms with E-state index in [4.69, 9.17) is 4.74 Å². The molecule has 0 unspecified atom stereocenters. The third-order valence-electron chi connectivity index (χ3n) is 5.19. The summed E-state index contributed by atoms with van der Waals surface area (Å²) in [6.07, 6.45) is 2.99. The van der Waals surface area contributed by atoms with Gasteiger partial charge in [-0.15, -0.1) is 0 Å². The van der Waals surface area contributed by atoms with Gasteiger partial charge < -0.3 is 9.64 Å². The third-order valence-corrected chi connectivity index (χ3v) is 5.19. The van der Waals surface area contributed by atoms with Crippen LogP contribution in [-0.4, -0.2) is 33.7 Å². The van der Waals surface area contributed by atoms with Crippen molar-refractivity contribution in [2.45, 2.75) is 51.9 Å². The zero-order valence-electron chi connectivity index (χ0n) is 15.2. The highest BCUT2D eigenvalue weighted by molar-refractivity contribution is 5.94. The van der Waals surface area contributed by atoms with Crippen molar-refractivity contribution in [1.82, 2.24) is 15.1 Å². The molecule has 2 heterocycles. The zero-order valence-corrected chi connectivity index (χ0v) is 15.2. The van der Waals surface area contributed by atoms with E-state index in [1.165, 1.54) is 12.1 Å². The molecule has 1 aliphatic carbocycles. The minimum Gasteiger partial charge on any atom is -0.369 e. The highest BCUT2D eigenvalue weighted by atomic mass is 19.1. The molecule has 1 aromatic carbocycles. The van der Waals surface area contributed by atoms with Crippen LogP contribution in [0.4, 0.5) is 4.39 Å². The average molecular weight is 357 g/mol. The Morgan fingerprint density at radius 3 is 2.73 bits per heavy atom. The molecule has 1 fully saturated rings. The number of amides is 1. The smallest absolute Gasteiger partial charge is 0.274 e. The summed E-state index contributed by atoms with van der Waals surface area (Å²) in [6, 6.07) is 6.35. The van der Waals surface area contributed by atoms with Crippen molar-refractivity contribution in [3.05, 3.63) is 52.6 Å². The molecule has 0 spiro atoms. The van der Waals surface area contributed by atoms with Crippen LogP contribution in [0, 0.1) is 11.7 Å². The van der Waals surface area contributed by atoms with E-state index in [0.717, 1.165) is 36.2 Å². The number of ether oxygens (including phenoxy) is 1. The Morgan fingerprint density at radius 2 is 2.04 bits per heavy atom. The monoisotopic (exact) mass is 357 g/mol. The van der Waals surface area contributed by atoms with Gasteiger partial charge >= 0.3 is 0 Å². The first-order valence-electron chi connectivity index (χ1n) is 9.27. The summed E-state index contributed by atoms with van der Waals surface area (Å²) in [6.45, 7) is 5.18. The highest BCUT2D eigenvalue weighted by Crippen LogP contribution is 2.33. The van der Waals surface area contributed by atoms with Crippen LogP contribution in [-0.2, 0) is 17.7 Å². The minimum atomic E-state index is -0.266. The van der Waals surface area contributed by atoms with Gasteiger partial charge in [0.2, 0.25) is 0 Å². The first kappa shape index (κ1) is 17.2. The number of H-pyrrole nitrogens is 1. The SMILES string of the molecule is C[C@@H]1Cc2c(C(=O)N(Cc3ccc(F)cc3)CC3CC3)n[nH]c2[C@H](C)O1. The second-order valence-corrected chi connectivity index (χ2v) is 7.51. The molecule has 1 aromatic heterocycles. The third kappa shape index (κ3) is 3.51. The molecule has 4 rings (SSSR count). The van der Waals surface area contributed by atoms with Crippen LogP contribution in [0.15, 0.2) is 24.3 Å². The number of aromatic nitrogens is 2. The van der Waals surface area contributed by atoms with Gasteiger partial charge in [0.15, 0.2) is 5.69 Å².